The summed E-state index contributed by atoms with van der Waals surface area (Å²) in [6, 6.07) is -11.6. The molecule has 25 nitrogen and oxygen atoms in total. The van der Waals surface area contributed by atoms with Gasteiger partial charge in [-0.15, -0.1) is 0 Å². The molecule has 0 heterocycles. The lowest BCUT2D eigenvalue weighted by atomic mass is 9.92. The number of amides is 10. The average molecular weight is 1260 g/mol. The van der Waals surface area contributed by atoms with Gasteiger partial charge in [0.05, 0.1) is 25.8 Å². The van der Waals surface area contributed by atoms with E-state index in [-0.39, 0.29) is 68.9 Å². The number of allylic oxidation sites excluding steroid dienone is 2. The number of hydrogen-bond donors (Lipinski definition) is 6. The molecule has 0 saturated carbocycles. The molecule has 0 aromatic carbocycles. The lowest BCUT2D eigenvalue weighted by Crippen LogP contribution is -2.62. The summed E-state index contributed by atoms with van der Waals surface area (Å²) in [6.45, 7) is 27.8. The predicted octanol–water partition coefficient (Wildman–Crippen LogP) is 2.63. The van der Waals surface area contributed by atoms with E-state index in [1.54, 1.807) is 34.6 Å². The number of ether oxygens (including phenoxy) is 1. The third kappa shape index (κ3) is 25.2. The third-order valence-corrected chi connectivity index (χ3v) is 16.2. The molecule has 0 bridgehead atoms. The molecule has 512 valence electrons. The fourth-order valence-corrected chi connectivity index (χ4v) is 10.6. The Kier molecular flexibility index (Phi) is 36.4. The Hall–Kier alpha value is -6.21. The maximum absolute atomic E-state index is 14.9. The van der Waals surface area contributed by atoms with Crippen LogP contribution in [0.25, 0.3) is 0 Å². The van der Waals surface area contributed by atoms with Crippen LogP contribution in [-0.2, 0) is 57.5 Å². The summed E-state index contributed by atoms with van der Waals surface area (Å²) in [5, 5.41) is 28.8. The number of esters is 1. The Labute approximate surface area is 532 Å². The van der Waals surface area contributed by atoms with Crippen LogP contribution in [0.15, 0.2) is 12.2 Å². The minimum atomic E-state index is -1.40. The van der Waals surface area contributed by atoms with Crippen molar-refractivity contribution in [1.82, 2.24) is 50.2 Å². The molecular weight excluding hydrogens is 1150 g/mol. The van der Waals surface area contributed by atoms with E-state index in [2.05, 4.69) is 16.0 Å². The number of aliphatic hydroxyl groups is 2. The first kappa shape index (κ1) is 82.8. The quantitative estimate of drug-likeness (QED) is 0.0382. The highest BCUT2D eigenvalue weighted by molar-refractivity contribution is 5.98. The summed E-state index contributed by atoms with van der Waals surface area (Å²) in [6.07, 6.45) is 3.96. The molecular formula is C64H117N11O14. The van der Waals surface area contributed by atoms with Crippen LogP contribution in [0.1, 0.15) is 156 Å². The second-order valence-electron chi connectivity index (χ2n) is 26.6. The minimum absolute atomic E-state index is 0.0814. The molecule has 0 aliphatic carbocycles. The van der Waals surface area contributed by atoms with Crippen molar-refractivity contribution in [2.24, 2.45) is 47.2 Å². The average Bonchev–Trinajstić information content (AvgIpc) is 0.992. The van der Waals surface area contributed by atoms with Crippen molar-refractivity contribution in [2.75, 3.05) is 69.6 Å². The number of aliphatic hydroxyl groups excluding tert-OH is 2. The Bertz CT molecular complexity index is 2370. The number of nitrogens with one attached hydrogen (secondary N) is 3. The zero-order chi connectivity index (χ0) is 69.4. The van der Waals surface area contributed by atoms with Crippen molar-refractivity contribution in [3.63, 3.8) is 0 Å². The summed E-state index contributed by atoms with van der Waals surface area (Å²) >= 11 is 0. The van der Waals surface area contributed by atoms with Crippen LogP contribution in [0.3, 0.4) is 0 Å². The highest BCUT2D eigenvalue weighted by atomic mass is 16.5. The van der Waals surface area contributed by atoms with Crippen molar-refractivity contribution < 1.29 is 67.7 Å². The molecule has 0 radical (unpaired) electrons. The first-order valence-corrected chi connectivity index (χ1v) is 31.6. The Morgan fingerprint density at radius 3 is 1.35 bits per heavy atom. The van der Waals surface area contributed by atoms with Gasteiger partial charge in [-0.3, -0.25) is 47.9 Å². The maximum atomic E-state index is 14.9. The molecule has 0 aliphatic heterocycles. The van der Waals surface area contributed by atoms with Crippen LogP contribution in [0.5, 0.6) is 0 Å². The van der Waals surface area contributed by atoms with Gasteiger partial charge in [-0.1, -0.05) is 102 Å². The van der Waals surface area contributed by atoms with Crippen molar-refractivity contribution >= 4 is 65.0 Å². The molecule has 0 aromatic rings. The summed E-state index contributed by atoms with van der Waals surface area (Å²) in [7, 11) is 11.2. The second kappa shape index (κ2) is 39.1. The monoisotopic (exact) mass is 1260 g/mol. The molecule has 89 heavy (non-hydrogen) atoms. The highest BCUT2D eigenvalue weighted by Crippen LogP contribution is 2.25. The SMILES string of the molecule is C/C=C/C[C@@H](C)[C@@H](O)[C@@H](C(=O)OC)N(C)C(=O)[C@H](C(C)C)N(C)C(=O)[C@H](CC(C)C)N(C)C(=O)[C@H](CC(C)C)N(C)C(=O)[C@@H](C)NC(=O)[C@H](C)NC(=O)[C@H](CC(C)C)N(C)C(=O)[C@@H](NC(=O)[C@H](CC(C)C)N(C)C(=O)CN(C)C(=O)[C@@H](N)CCCO)C(C)C. The van der Waals surface area contributed by atoms with Gasteiger partial charge in [0.1, 0.15) is 48.3 Å². The number of nitrogens with zero attached hydrogens (tertiary/aromatic N) is 7. The van der Waals surface area contributed by atoms with Gasteiger partial charge < -0.3 is 70.9 Å². The Balaban J connectivity index is 6.74. The Morgan fingerprint density at radius 2 is 0.910 bits per heavy atom. The van der Waals surface area contributed by atoms with E-state index in [0.717, 1.165) is 12.0 Å². The van der Waals surface area contributed by atoms with Crippen LogP contribution >= 0.6 is 0 Å². The van der Waals surface area contributed by atoms with E-state index >= 15 is 0 Å². The first-order valence-electron chi connectivity index (χ1n) is 31.6. The van der Waals surface area contributed by atoms with E-state index in [4.69, 9.17) is 10.5 Å². The normalized spacial score (nSPS) is 15.8. The smallest absolute Gasteiger partial charge is 0.331 e. The largest absolute Gasteiger partial charge is 0.467 e. The van der Waals surface area contributed by atoms with Gasteiger partial charge in [0, 0.05) is 55.9 Å². The molecule has 10 amide bonds. The predicted molar refractivity (Wildman–Crippen MR) is 343 cm³/mol. The van der Waals surface area contributed by atoms with Crippen LogP contribution in [0, 0.1) is 41.4 Å². The molecule has 0 saturated heterocycles. The number of rotatable bonds is 38. The third-order valence-electron chi connectivity index (χ3n) is 16.2. The van der Waals surface area contributed by atoms with Gasteiger partial charge in [-0.05, 0) is 107 Å². The van der Waals surface area contributed by atoms with Crippen LogP contribution in [0.4, 0.5) is 0 Å². The fraction of sp³-hybridized carbons (Fsp3) is 0.797. The Morgan fingerprint density at radius 1 is 0.494 bits per heavy atom. The van der Waals surface area contributed by atoms with Gasteiger partial charge in [-0.25, -0.2) is 4.79 Å². The van der Waals surface area contributed by atoms with Crippen LogP contribution in [-0.4, -0.2) is 246 Å². The number of nitrogens with two attached hydrogens (primary N) is 1. The topological polar surface area (TPSA) is 322 Å². The molecule has 0 spiro atoms. The fourth-order valence-electron chi connectivity index (χ4n) is 10.6. The molecule has 25 heteroatoms. The number of likely N-dealkylation sites (N-methyl/N-ethyl adjacent to an activating group) is 7. The van der Waals surface area contributed by atoms with Crippen molar-refractivity contribution in [3.8, 4) is 0 Å². The standard InChI is InChI=1S/C64H117N11O14/c1-25-26-28-42(14)54(78)53(64(88)89-24)75(23)63(87)52(41(12)13)74(22)61(85)49(34-39(8)9)73(21)60(84)48(33-38(6)7)72(20)58(82)44(16)67-55(79)43(15)66-56(80)47(32-37(4)5)71(19)62(86)51(40(10)11)68-57(81)46(31-36(2)3)70(18)50(77)35-69(17)59(83)45(65)29-27-30-76/h25-26,36-49,51-54,76,78H,27-35,65H2,1-24H3,(H,66,80)(H,67,79)(H,68,81)/b26-25+/t42-,43+,44-,45+,46+,47+,48+,49+,51+,52+,53+,54-/m1/s1. The van der Waals surface area contributed by atoms with Crippen molar-refractivity contribution in [3.05, 3.63) is 12.2 Å². The summed E-state index contributed by atoms with van der Waals surface area (Å²) in [5.74, 6) is -8.95. The van der Waals surface area contributed by atoms with E-state index in [1.165, 1.54) is 92.6 Å². The number of hydrogen-bond acceptors (Lipinski definition) is 15. The minimum Gasteiger partial charge on any atom is -0.467 e. The highest BCUT2D eigenvalue weighted by Gasteiger charge is 2.45. The molecule has 0 aromatic heterocycles. The molecule has 0 aliphatic rings. The maximum Gasteiger partial charge on any atom is 0.331 e. The van der Waals surface area contributed by atoms with E-state index in [9.17, 15) is 63.0 Å². The van der Waals surface area contributed by atoms with Gasteiger partial charge >= 0.3 is 5.97 Å². The summed E-state index contributed by atoms with van der Waals surface area (Å²) < 4.78 is 5.04. The zero-order valence-corrected chi connectivity index (χ0v) is 58.4. The van der Waals surface area contributed by atoms with Crippen LogP contribution in [0.2, 0.25) is 0 Å². The van der Waals surface area contributed by atoms with Crippen LogP contribution < -0.4 is 21.7 Å². The summed E-state index contributed by atoms with van der Waals surface area (Å²) in [5.41, 5.74) is 5.99. The molecule has 0 rings (SSSR count). The lowest BCUT2D eigenvalue weighted by molar-refractivity contribution is -0.163. The number of methoxy groups -OCH3 is 1. The van der Waals surface area contributed by atoms with Gasteiger partial charge in [0.2, 0.25) is 59.1 Å². The van der Waals surface area contributed by atoms with Crippen molar-refractivity contribution in [2.45, 2.75) is 222 Å². The molecule has 7 N–H and O–H groups in total. The number of carbonyl (C=O) groups is 11. The first-order chi connectivity index (χ1) is 41.1. The number of carbonyl (C=O) groups excluding carboxylic acids is 11. The van der Waals surface area contributed by atoms with Gasteiger partial charge in [0.15, 0.2) is 6.04 Å². The zero-order valence-electron chi connectivity index (χ0n) is 58.4. The lowest BCUT2D eigenvalue weighted by Gasteiger charge is -2.41. The van der Waals surface area contributed by atoms with Crippen molar-refractivity contribution in [1.29, 1.82) is 0 Å². The van der Waals surface area contributed by atoms with E-state index < -0.39 is 149 Å². The van der Waals surface area contributed by atoms with Gasteiger partial charge in [-0.2, -0.15) is 0 Å². The molecule has 0 unspecified atom stereocenters. The van der Waals surface area contributed by atoms with E-state index in [0.29, 0.717) is 12.8 Å². The second-order valence-corrected chi connectivity index (χ2v) is 26.6. The summed E-state index contributed by atoms with van der Waals surface area (Å²) in [4.78, 5) is 164. The van der Waals surface area contributed by atoms with E-state index in [1.807, 2.05) is 74.5 Å². The molecule has 0 fully saturated rings. The molecule has 12 atom stereocenters. The van der Waals surface area contributed by atoms with Gasteiger partial charge in [0.25, 0.3) is 0 Å².